The van der Waals surface area contributed by atoms with Gasteiger partial charge >= 0.3 is 11.4 Å². The topological polar surface area (TPSA) is 202 Å². The molecule has 0 saturated heterocycles. The van der Waals surface area contributed by atoms with E-state index < -0.39 is 50.5 Å². The van der Waals surface area contributed by atoms with E-state index in [0.29, 0.717) is 5.56 Å². The van der Waals surface area contributed by atoms with Crippen LogP contribution in [0.15, 0.2) is 30.3 Å². The zero-order chi connectivity index (χ0) is 23.4. The van der Waals surface area contributed by atoms with Gasteiger partial charge in [-0.3, -0.25) is 40.0 Å². The molecule has 14 nitrogen and oxygen atoms in total. The number of rotatable bonds is 8. The maximum absolute atomic E-state index is 12.7. The molecule has 2 heterocycles. The van der Waals surface area contributed by atoms with Crippen molar-refractivity contribution in [1.29, 1.82) is 0 Å². The van der Waals surface area contributed by atoms with Crippen molar-refractivity contribution in [3.05, 3.63) is 78.9 Å². The molecule has 32 heavy (non-hydrogen) atoms. The molecule has 0 fully saturated rings. The normalized spacial score (nSPS) is 11.6. The summed E-state index contributed by atoms with van der Waals surface area (Å²) >= 11 is 0. The highest BCUT2D eigenvalue weighted by Gasteiger charge is 2.30. The molecule has 1 atom stereocenters. The second-order valence-corrected chi connectivity index (χ2v) is 6.75. The molecule has 0 aliphatic carbocycles. The van der Waals surface area contributed by atoms with Crippen LogP contribution in [0.3, 0.4) is 0 Å². The molecule has 2 aromatic heterocycles. The number of aromatic amines is 2. The summed E-state index contributed by atoms with van der Waals surface area (Å²) in [7, 11) is 0. The van der Waals surface area contributed by atoms with Crippen LogP contribution in [0.4, 0.5) is 11.4 Å². The molecule has 14 heteroatoms. The van der Waals surface area contributed by atoms with Crippen molar-refractivity contribution >= 4 is 23.2 Å². The van der Waals surface area contributed by atoms with Gasteiger partial charge in [-0.1, -0.05) is 30.3 Å². The number of nitrogens with one attached hydrogen (secondary N) is 4. The lowest BCUT2D eigenvalue weighted by molar-refractivity contribution is -0.385. The Balaban J connectivity index is 1.82. The van der Waals surface area contributed by atoms with Crippen LogP contribution < -0.4 is 10.6 Å². The summed E-state index contributed by atoms with van der Waals surface area (Å²) in [4.78, 5) is 46.3. The van der Waals surface area contributed by atoms with Crippen molar-refractivity contribution in [3.63, 3.8) is 0 Å². The van der Waals surface area contributed by atoms with E-state index in [9.17, 15) is 29.8 Å². The molecule has 166 valence electrons. The summed E-state index contributed by atoms with van der Waals surface area (Å²) in [6.45, 7) is 2.65. The number of benzene rings is 1. The van der Waals surface area contributed by atoms with Gasteiger partial charge in [0, 0.05) is 6.54 Å². The van der Waals surface area contributed by atoms with Crippen molar-refractivity contribution in [1.82, 2.24) is 31.0 Å². The van der Waals surface area contributed by atoms with Gasteiger partial charge in [0.05, 0.1) is 15.9 Å². The Hall–Kier alpha value is -4.62. The van der Waals surface area contributed by atoms with Gasteiger partial charge in [0.1, 0.15) is 11.4 Å². The number of nitro groups is 2. The van der Waals surface area contributed by atoms with E-state index in [1.807, 2.05) is 0 Å². The molecule has 0 aliphatic heterocycles. The predicted molar refractivity (Wildman–Crippen MR) is 109 cm³/mol. The maximum Gasteiger partial charge on any atom is 0.322 e. The molecule has 2 amide bonds. The Kier molecular flexibility index (Phi) is 6.23. The largest absolute Gasteiger partial charge is 0.348 e. The molecular weight excluding hydrogens is 424 g/mol. The third-order valence-corrected chi connectivity index (χ3v) is 4.60. The van der Waals surface area contributed by atoms with Gasteiger partial charge in [0.15, 0.2) is 0 Å². The summed E-state index contributed by atoms with van der Waals surface area (Å²) in [6.07, 6.45) is 0. The molecule has 3 rings (SSSR count). The Labute approximate surface area is 179 Å². The van der Waals surface area contributed by atoms with Crippen molar-refractivity contribution in [3.8, 4) is 0 Å². The minimum Gasteiger partial charge on any atom is -0.348 e. The third-order valence-electron chi connectivity index (χ3n) is 4.60. The Morgan fingerprint density at radius 2 is 1.44 bits per heavy atom. The van der Waals surface area contributed by atoms with Gasteiger partial charge in [0.2, 0.25) is 11.4 Å². The zero-order valence-electron chi connectivity index (χ0n) is 16.9. The summed E-state index contributed by atoms with van der Waals surface area (Å²) in [5, 5.41) is 39.8. The lowest BCUT2D eigenvalue weighted by Gasteiger charge is -2.19. The number of carbonyl (C=O) groups is 2. The van der Waals surface area contributed by atoms with Crippen molar-refractivity contribution in [2.75, 3.05) is 6.54 Å². The third kappa shape index (κ3) is 4.43. The number of H-pyrrole nitrogens is 2. The fourth-order valence-corrected chi connectivity index (χ4v) is 3.05. The van der Waals surface area contributed by atoms with Gasteiger partial charge in [-0.15, -0.1) is 0 Å². The van der Waals surface area contributed by atoms with E-state index in [4.69, 9.17) is 0 Å². The molecular formula is C18H18N8O6. The number of hydrogen-bond acceptors (Lipinski definition) is 8. The first-order chi connectivity index (χ1) is 15.2. The van der Waals surface area contributed by atoms with Crippen LogP contribution in [-0.4, -0.2) is 48.6 Å². The number of carbonyl (C=O) groups excluding carboxylic acids is 2. The van der Waals surface area contributed by atoms with Crippen LogP contribution in [-0.2, 0) is 0 Å². The van der Waals surface area contributed by atoms with Gasteiger partial charge < -0.3 is 10.6 Å². The van der Waals surface area contributed by atoms with Crippen LogP contribution >= 0.6 is 0 Å². The SMILES string of the molecule is Cc1[nH]nc(C(=O)NCC(NC(=O)c2n[nH]c(C)c2[N+](=O)[O-])c2ccccc2)c1[N+](=O)[O-]. The Morgan fingerprint density at radius 3 is 1.94 bits per heavy atom. The number of aryl methyl sites for hydroxylation is 2. The highest BCUT2D eigenvalue weighted by Crippen LogP contribution is 2.22. The molecule has 3 aromatic rings. The number of nitrogens with zero attached hydrogens (tertiary/aromatic N) is 4. The van der Waals surface area contributed by atoms with Gasteiger partial charge in [-0.05, 0) is 19.4 Å². The molecule has 0 spiro atoms. The second kappa shape index (κ2) is 9.03. The van der Waals surface area contributed by atoms with Gasteiger partial charge in [0.25, 0.3) is 11.8 Å². The smallest absolute Gasteiger partial charge is 0.322 e. The molecule has 0 aliphatic rings. The molecule has 0 radical (unpaired) electrons. The molecule has 0 saturated carbocycles. The van der Waals surface area contributed by atoms with E-state index in [1.165, 1.54) is 13.8 Å². The molecule has 0 bridgehead atoms. The van der Waals surface area contributed by atoms with Crippen LogP contribution in [0.1, 0.15) is 44.0 Å². The first-order valence-electron chi connectivity index (χ1n) is 9.23. The summed E-state index contributed by atoms with van der Waals surface area (Å²) in [5.74, 6) is -1.65. The van der Waals surface area contributed by atoms with E-state index in [0.717, 1.165) is 0 Å². The minimum absolute atomic E-state index is 0.117. The minimum atomic E-state index is -0.828. The van der Waals surface area contributed by atoms with Gasteiger partial charge in [-0.25, -0.2) is 0 Å². The quantitative estimate of drug-likeness (QED) is 0.296. The van der Waals surface area contributed by atoms with Crippen molar-refractivity contribution in [2.45, 2.75) is 19.9 Å². The van der Waals surface area contributed by atoms with Crippen LogP contribution in [0.2, 0.25) is 0 Å². The van der Waals surface area contributed by atoms with E-state index >= 15 is 0 Å². The first-order valence-corrected chi connectivity index (χ1v) is 9.23. The lowest BCUT2D eigenvalue weighted by atomic mass is 10.1. The van der Waals surface area contributed by atoms with Crippen molar-refractivity contribution in [2.24, 2.45) is 0 Å². The summed E-state index contributed by atoms with van der Waals surface area (Å²) < 4.78 is 0. The lowest BCUT2D eigenvalue weighted by Crippen LogP contribution is -2.38. The highest BCUT2D eigenvalue weighted by atomic mass is 16.6. The van der Waals surface area contributed by atoms with E-state index in [2.05, 4.69) is 31.0 Å². The van der Waals surface area contributed by atoms with Crippen LogP contribution in [0.5, 0.6) is 0 Å². The average molecular weight is 442 g/mol. The number of amides is 2. The van der Waals surface area contributed by atoms with Crippen molar-refractivity contribution < 1.29 is 19.4 Å². The standard InChI is InChI=1S/C18H18N8O6/c1-9-15(25(29)30)13(23-21-9)17(27)19-8-12(11-6-4-3-5-7-11)20-18(28)14-16(26(31)32)10(2)22-24-14/h3-7,12H,8H2,1-2H3,(H,19,27)(H,20,28)(H,21,23)(H,22,24). The number of aromatic nitrogens is 4. The summed E-state index contributed by atoms with van der Waals surface area (Å²) in [6, 6.07) is 7.71. The molecule has 1 aromatic carbocycles. The van der Waals surface area contributed by atoms with E-state index in [1.54, 1.807) is 30.3 Å². The molecule has 4 N–H and O–H groups in total. The van der Waals surface area contributed by atoms with Crippen LogP contribution in [0.25, 0.3) is 0 Å². The first kappa shape index (κ1) is 22.1. The fourth-order valence-electron chi connectivity index (χ4n) is 3.05. The maximum atomic E-state index is 12.7. The Morgan fingerprint density at radius 1 is 0.938 bits per heavy atom. The monoisotopic (exact) mass is 442 g/mol. The number of hydrogen-bond donors (Lipinski definition) is 4. The second-order valence-electron chi connectivity index (χ2n) is 6.75. The van der Waals surface area contributed by atoms with Gasteiger partial charge in [-0.2, -0.15) is 10.2 Å². The average Bonchev–Trinajstić information content (AvgIpc) is 3.34. The fraction of sp³-hybridized carbons (Fsp3) is 0.222. The molecule has 1 unspecified atom stereocenters. The zero-order valence-corrected chi connectivity index (χ0v) is 16.9. The highest BCUT2D eigenvalue weighted by molar-refractivity contribution is 5.97. The van der Waals surface area contributed by atoms with Crippen LogP contribution in [0, 0.1) is 34.1 Å². The van der Waals surface area contributed by atoms with E-state index in [-0.39, 0.29) is 17.9 Å². The summed E-state index contributed by atoms with van der Waals surface area (Å²) in [5.41, 5.74) is -0.891. The Bertz CT molecular complexity index is 1190. The predicted octanol–water partition coefficient (Wildman–Crippen LogP) is 1.47.